The monoisotopic (exact) mass is 429 g/mol. The van der Waals surface area contributed by atoms with Crippen molar-refractivity contribution in [2.75, 3.05) is 0 Å². The van der Waals surface area contributed by atoms with Crippen molar-refractivity contribution in [2.45, 2.75) is 0 Å². The summed E-state index contributed by atoms with van der Waals surface area (Å²) < 4.78 is 54.4. The van der Waals surface area contributed by atoms with Gasteiger partial charge < -0.3 is 13.7 Å². The quantitative estimate of drug-likeness (QED) is 0.605. The van der Waals surface area contributed by atoms with Crippen molar-refractivity contribution in [3.8, 4) is 23.0 Å². The molecule has 0 amide bonds. The van der Waals surface area contributed by atoms with Crippen LogP contribution in [0, 0.1) is 5.82 Å². The van der Waals surface area contributed by atoms with E-state index in [0.29, 0.717) is 10.0 Å². The molecule has 0 radical (unpaired) electrons. The van der Waals surface area contributed by atoms with E-state index in [9.17, 15) is 17.9 Å². The molecule has 0 aliphatic heterocycles. The summed E-state index contributed by atoms with van der Waals surface area (Å²) in [5.41, 5.74) is 0.945. The topological polar surface area (TPSA) is 110 Å². The zero-order valence-corrected chi connectivity index (χ0v) is 14.6. The molecular weight excluding hydrogens is 421 g/mol. The van der Waals surface area contributed by atoms with E-state index in [4.69, 9.17) is 8.97 Å². The SMILES string of the molecule is C=C(Br)c1cc(O)cc2nc(-c3ccc(OS(=O)(=O)O)cc3F)oc12. The summed E-state index contributed by atoms with van der Waals surface area (Å²) in [4.78, 5) is 4.11. The molecule has 0 aliphatic carbocycles. The number of nitrogens with zero attached hydrogens (tertiary/aromatic N) is 1. The first-order valence-electron chi connectivity index (χ1n) is 6.59. The molecule has 0 atom stereocenters. The Morgan fingerprint density at radius 3 is 2.64 bits per heavy atom. The lowest BCUT2D eigenvalue weighted by atomic mass is 10.2. The Labute approximate surface area is 149 Å². The van der Waals surface area contributed by atoms with Crippen LogP contribution in [0.3, 0.4) is 0 Å². The summed E-state index contributed by atoms with van der Waals surface area (Å²) in [6.07, 6.45) is 0. The average molecular weight is 430 g/mol. The number of benzene rings is 2. The van der Waals surface area contributed by atoms with Gasteiger partial charge in [0.15, 0.2) is 5.58 Å². The molecule has 0 unspecified atom stereocenters. The van der Waals surface area contributed by atoms with E-state index in [1.807, 2.05) is 0 Å². The van der Waals surface area contributed by atoms with Crippen LogP contribution < -0.4 is 4.18 Å². The number of phenolic OH excluding ortho intramolecular Hbond substituents is 1. The summed E-state index contributed by atoms with van der Waals surface area (Å²) in [5, 5.41) is 9.72. The van der Waals surface area contributed by atoms with Crippen molar-refractivity contribution in [1.29, 1.82) is 0 Å². The van der Waals surface area contributed by atoms with Crippen LogP contribution >= 0.6 is 15.9 Å². The number of oxazole rings is 1. The molecule has 0 saturated heterocycles. The Bertz CT molecular complexity index is 1110. The predicted octanol–water partition coefficient (Wildman–Crippen LogP) is 3.89. The van der Waals surface area contributed by atoms with Crippen LogP contribution in [0.15, 0.2) is 41.3 Å². The number of rotatable bonds is 4. The fourth-order valence-corrected chi connectivity index (χ4v) is 2.82. The smallest absolute Gasteiger partial charge is 0.446 e. The van der Waals surface area contributed by atoms with Crippen LogP contribution in [0.2, 0.25) is 0 Å². The van der Waals surface area contributed by atoms with Crippen molar-refractivity contribution >= 4 is 41.9 Å². The maximum atomic E-state index is 14.2. The second-order valence-electron chi connectivity index (χ2n) is 4.92. The highest BCUT2D eigenvalue weighted by Crippen LogP contribution is 2.35. The minimum absolute atomic E-state index is 0.0653. The highest BCUT2D eigenvalue weighted by Gasteiger charge is 2.18. The molecule has 7 nitrogen and oxygen atoms in total. The maximum absolute atomic E-state index is 14.2. The number of hydrogen-bond acceptors (Lipinski definition) is 6. The zero-order valence-electron chi connectivity index (χ0n) is 12.2. The van der Waals surface area contributed by atoms with E-state index in [-0.39, 0.29) is 28.3 Å². The third kappa shape index (κ3) is 3.65. The van der Waals surface area contributed by atoms with Gasteiger partial charge in [-0.25, -0.2) is 9.37 Å². The van der Waals surface area contributed by atoms with Crippen LogP contribution in [-0.2, 0) is 10.4 Å². The summed E-state index contributed by atoms with van der Waals surface area (Å²) in [6, 6.07) is 5.83. The van der Waals surface area contributed by atoms with Crippen molar-refractivity contribution < 1.29 is 31.1 Å². The van der Waals surface area contributed by atoms with Crippen LogP contribution in [0.4, 0.5) is 4.39 Å². The van der Waals surface area contributed by atoms with Gasteiger partial charge in [-0.3, -0.25) is 4.55 Å². The van der Waals surface area contributed by atoms with Crippen molar-refractivity contribution in [1.82, 2.24) is 4.98 Å². The van der Waals surface area contributed by atoms with Crippen LogP contribution in [0.5, 0.6) is 11.5 Å². The van der Waals surface area contributed by atoms with E-state index in [2.05, 4.69) is 31.7 Å². The first-order chi connectivity index (χ1) is 11.6. The molecule has 1 heterocycles. The molecule has 25 heavy (non-hydrogen) atoms. The second kappa shape index (κ2) is 6.14. The van der Waals surface area contributed by atoms with E-state index in [1.54, 1.807) is 0 Å². The standard InChI is InChI=1S/C15H9BrFNO6S/c1-7(16)11-4-8(19)5-13-14(11)23-15(18-13)10-3-2-9(6-12(10)17)24-25(20,21)22/h2-6,19H,1H2,(H,20,21,22). The maximum Gasteiger partial charge on any atom is 0.446 e. The normalized spacial score (nSPS) is 11.6. The number of aromatic hydroxyl groups is 1. The number of halogens is 2. The molecule has 0 spiro atoms. The van der Waals surface area contributed by atoms with E-state index < -0.39 is 22.0 Å². The fourth-order valence-electron chi connectivity index (χ4n) is 2.18. The number of hydrogen-bond donors (Lipinski definition) is 2. The Morgan fingerprint density at radius 2 is 2.04 bits per heavy atom. The van der Waals surface area contributed by atoms with Crippen molar-refractivity contribution in [3.63, 3.8) is 0 Å². The first kappa shape index (κ1) is 17.4. The van der Waals surface area contributed by atoms with E-state index in [0.717, 1.165) is 12.1 Å². The van der Waals surface area contributed by atoms with Crippen LogP contribution in [-0.4, -0.2) is 23.1 Å². The van der Waals surface area contributed by atoms with E-state index >= 15 is 0 Å². The second-order valence-corrected chi connectivity index (χ2v) is 6.90. The lowest BCUT2D eigenvalue weighted by Crippen LogP contribution is -2.06. The Balaban J connectivity index is 2.11. The van der Waals surface area contributed by atoms with Gasteiger partial charge in [-0.1, -0.05) is 22.5 Å². The molecule has 2 N–H and O–H groups in total. The number of aromatic nitrogens is 1. The van der Waals surface area contributed by atoms with E-state index in [1.165, 1.54) is 18.2 Å². The molecule has 3 aromatic rings. The molecule has 0 saturated carbocycles. The van der Waals surface area contributed by atoms with Gasteiger partial charge in [0.25, 0.3) is 0 Å². The molecule has 0 bridgehead atoms. The predicted molar refractivity (Wildman–Crippen MR) is 91.2 cm³/mol. The summed E-state index contributed by atoms with van der Waals surface area (Å²) >= 11 is 3.19. The summed E-state index contributed by atoms with van der Waals surface area (Å²) in [5.74, 6) is -1.45. The first-order valence-corrected chi connectivity index (χ1v) is 8.75. The van der Waals surface area contributed by atoms with Gasteiger partial charge >= 0.3 is 10.4 Å². The Kier molecular flexibility index (Phi) is 4.27. The van der Waals surface area contributed by atoms with Gasteiger partial charge in [0.05, 0.1) is 5.56 Å². The third-order valence-corrected chi connectivity index (χ3v) is 3.97. The van der Waals surface area contributed by atoms with Gasteiger partial charge in [0.2, 0.25) is 5.89 Å². The molecular formula is C15H9BrFNO6S. The lowest BCUT2D eigenvalue weighted by Gasteiger charge is -2.03. The molecule has 2 aromatic carbocycles. The van der Waals surface area contributed by atoms with Gasteiger partial charge in [-0.15, -0.1) is 0 Å². The van der Waals surface area contributed by atoms with Crippen LogP contribution in [0.1, 0.15) is 5.56 Å². The Morgan fingerprint density at radius 1 is 1.32 bits per heavy atom. The van der Waals surface area contributed by atoms with Crippen molar-refractivity contribution in [2.24, 2.45) is 0 Å². The van der Waals surface area contributed by atoms with Gasteiger partial charge in [-0.2, -0.15) is 8.42 Å². The number of fused-ring (bicyclic) bond motifs is 1. The highest BCUT2D eigenvalue weighted by molar-refractivity contribution is 9.15. The third-order valence-electron chi connectivity index (χ3n) is 3.14. The van der Waals surface area contributed by atoms with Crippen LogP contribution in [0.25, 0.3) is 27.0 Å². The average Bonchev–Trinajstić information content (AvgIpc) is 2.87. The zero-order chi connectivity index (χ0) is 18.4. The summed E-state index contributed by atoms with van der Waals surface area (Å²) in [6.45, 7) is 3.71. The van der Waals surface area contributed by atoms with Crippen molar-refractivity contribution in [3.05, 3.63) is 48.3 Å². The van der Waals surface area contributed by atoms with Gasteiger partial charge in [-0.05, 0) is 18.2 Å². The van der Waals surface area contributed by atoms with Gasteiger partial charge in [0, 0.05) is 22.2 Å². The number of phenols is 1. The molecule has 130 valence electrons. The minimum Gasteiger partial charge on any atom is -0.508 e. The lowest BCUT2D eigenvalue weighted by molar-refractivity contribution is 0.386. The molecule has 0 aliphatic rings. The molecule has 10 heteroatoms. The Hall–Kier alpha value is -2.43. The van der Waals surface area contributed by atoms with Gasteiger partial charge in [0.1, 0.15) is 22.8 Å². The minimum atomic E-state index is -4.76. The highest BCUT2D eigenvalue weighted by atomic mass is 79.9. The summed E-state index contributed by atoms with van der Waals surface area (Å²) in [7, 11) is -4.76. The molecule has 3 rings (SSSR count). The fraction of sp³-hybridized carbons (Fsp3) is 0. The molecule has 0 fully saturated rings. The molecule has 1 aromatic heterocycles. The largest absolute Gasteiger partial charge is 0.508 e.